The number of ether oxygens (including phenoxy) is 3. The Labute approximate surface area is 353 Å². The van der Waals surface area contributed by atoms with Gasteiger partial charge in [-0.15, -0.1) is 0 Å². The van der Waals surface area contributed by atoms with Crippen LogP contribution in [0.5, 0.6) is 0 Å². The van der Waals surface area contributed by atoms with Gasteiger partial charge in [0.2, 0.25) is 0 Å². The van der Waals surface area contributed by atoms with Crippen molar-refractivity contribution in [3.8, 4) is 0 Å². The summed E-state index contributed by atoms with van der Waals surface area (Å²) in [5, 5.41) is 0. The van der Waals surface area contributed by atoms with E-state index in [0.717, 1.165) is 109 Å². The molecule has 0 bridgehead atoms. The summed E-state index contributed by atoms with van der Waals surface area (Å²) >= 11 is 0. The van der Waals surface area contributed by atoms with Crippen LogP contribution in [0.25, 0.3) is 0 Å². The average Bonchev–Trinajstić information content (AvgIpc) is 3.21. The van der Waals surface area contributed by atoms with Gasteiger partial charge in [-0.25, -0.2) is 0 Å². The zero-order valence-electron chi connectivity index (χ0n) is 37.9. The Bertz CT molecular complexity index is 969. The monoisotopic (exact) mass is 801 g/mol. The maximum absolute atomic E-state index is 12.7. The van der Waals surface area contributed by atoms with E-state index in [1.807, 2.05) is 0 Å². The molecule has 0 rings (SSSR count). The third-order valence-electron chi connectivity index (χ3n) is 10.6. The highest BCUT2D eigenvalue weighted by Gasteiger charge is 2.19. The summed E-state index contributed by atoms with van der Waals surface area (Å²) in [6.45, 7) is 6.47. The van der Waals surface area contributed by atoms with Crippen molar-refractivity contribution in [3.05, 3.63) is 36.5 Å². The van der Waals surface area contributed by atoms with Gasteiger partial charge < -0.3 is 14.2 Å². The molecule has 6 nitrogen and oxygen atoms in total. The van der Waals surface area contributed by atoms with Crippen molar-refractivity contribution in [1.82, 2.24) is 0 Å². The highest BCUT2D eigenvalue weighted by molar-refractivity contribution is 5.71. The molecule has 0 aromatic heterocycles. The van der Waals surface area contributed by atoms with Crippen LogP contribution in [-0.2, 0) is 28.6 Å². The van der Waals surface area contributed by atoms with Crippen LogP contribution in [0.4, 0.5) is 0 Å². The van der Waals surface area contributed by atoms with Crippen molar-refractivity contribution in [2.24, 2.45) is 0 Å². The Hall–Kier alpha value is -2.37. The summed E-state index contributed by atoms with van der Waals surface area (Å²) in [5.74, 6) is -0.902. The molecule has 0 spiro atoms. The second kappa shape index (κ2) is 46.3. The summed E-state index contributed by atoms with van der Waals surface area (Å²) in [5.41, 5.74) is 0. The molecule has 57 heavy (non-hydrogen) atoms. The minimum Gasteiger partial charge on any atom is -0.462 e. The van der Waals surface area contributed by atoms with E-state index in [4.69, 9.17) is 14.2 Å². The molecule has 6 heteroatoms. The normalized spacial score (nSPS) is 12.3. The van der Waals surface area contributed by atoms with E-state index < -0.39 is 6.10 Å². The minimum absolute atomic E-state index is 0.0790. The first kappa shape index (κ1) is 54.6. The summed E-state index contributed by atoms with van der Waals surface area (Å²) in [4.78, 5) is 37.8. The highest BCUT2D eigenvalue weighted by Crippen LogP contribution is 2.15. The third-order valence-corrected chi connectivity index (χ3v) is 10.6. The molecule has 0 aliphatic rings. The molecule has 0 aliphatic carbocycles. The first-order valence-electron chi connectivity index (χ1n) is 24.5. The molecule has 0 amide bonds. The average molecular weight is 801 g/mol. The van der Waals surface area contributed by atoms with Gasteiger partial charge in [-0.3, -0.25) is 14.4 Å². The van der Waals surface area contributed by atoms with Crippen molar-refractivity contribution in [3.63, 3.8) is 0 Å². The Morgan fingerprint density at radius 3 is 1.12 bits per heavy atom. The van der Waals surface area contributed by atoms with Crippen LogP contribution in [-0.4, -0.2) is 37.2 Å². The van der Waals surface area contributed by atoms with Crippen molar-refractivity contribution in [2.45, 2.75) is 258 Å². The second-order valence-corrected chi connectivity index (χ2v) is 16.3. The van der Waals surface area contributed by atoms with E-state index >= 15 is 0 Å². The van der Waals surface area contributed by atoms with E-state index in [-0.39, 0.29) is 31.1 Å². The summed E-state index contributed by atoms with van der Waals surface area (Å²) in [6.07, 6.45) is 52.8. The van der Waals surface area contributed by atoms with Crippen LogP contribution >= 0.6 is 0 Å². The maximum Gasteiger partial charge on any atom is 0.306 e. The number of hydrogen-bond donors (Lipinski definition) is 0. The van der Waals surface area contributed by atoms with Gasteiger partial charge in [-0.1, -0.05) is 205 Å². The van der Waals surface area contributed by atoms with Gasteiger partial charge in [0, 0.05) is 19.3 Å². The summed E-state index contributed by atoms with van der Waals surface area (Å²) in [6, 6.07) is 0. The lowest BCUT2D eigenvalue weighted by molar-refractivity contribution is -0.167. The molecule has 1 unspecified atom stereocenters. The quantitative estimate of drug-likeness (QED) is 0.0264. The fourth-order valence-electron chi connectivity index (χ4n) is 6.93. The standard InChI is InChI=1S/C51H92O6/c1-4-7-10-13-16-19-22-24-25-26-27-28-30-32-35-38-41-44-50(53)56-47-48(46-55-49(52)43-40-37-34-31-21-18-15-12-9-6-3)57-51(54)45-42-39-36-33-29-23-20-17-14-11-8-5-2/h8,11,15,17-18,20,48H,4-7,9-10,12-14,16,19,21-47H2,1-3H3/b11-8-,18-15-,20-17-. The zero-order chi connectivity index (χ0) is 41.5. The van der Waals surface area contributed by atoms with Crippen LogP contribution in [0.2, 0.25) is 0 Å². The molecule has 0 aromatic rings. The van der Waals surface area contributed by atoms with Gasteiger partial charge in [0.15, 0.2) is 6.10 Å². The lowest BCUT2D eigenvalue weighted by Crippen LogP contribution is -2.30. The van der Waals surface area contributed by atoms with E-state index in [1.165, 1.54) is 103 Å². The Kier molecular flexibility index (Phi) is 44.4. The van der Waals surface area contributed by atoms with E-state index in [1.54, 1.807) is 0 Å². The van der Waals surface area contributed by atoms with Gasteiger partial charge in [0.25, 0.3) is 0 Å². The van der Waals surface area contributed by atoms with Crippen molar-refractivity contribution < 1.29 is 28.6 Å². The van der Waals surface area contributed by atoms with Crippen molar-refractivity contribution in [2.75, 3.05) is 13.2 Å². The molecule has 0 N–H and O–H groups in total. The van der Waals surface area contributed by atoms with Gasteiger partial charge >= 0.3 is 17.9 Å². The van der Waals surface area contributed by atoms with E-state index in [9.17, 15) is 14.4 Å². The zero-order valence-corrected chi connectivity index (χ0v) is 37.9. The first-order chi connectivity index (χ1) is 28.0. The van der Waals surface area contributed by atoms with Crippen LogP contribution in [0.3, 0.4) is 0 Å². The van der Waals surface area contributed by atoms with Crippen molar-refractivity contribution in [1.29, 1.82) is 0 Å². The molecule has 0 radical (unpaired) electrons. The van der Waals surface area contributed by atoms with Crippen LogP contribution in [0, 0.1) is 0 Å². The third kappa shape index (κ3) is 44.6. The smallest absolute Gasteiger partial charge is 0.306 e. The van der Waals surface area contributed by atoms with Crippen LogP contribution < -0.4 is 0 Å². The molecule has 0 aliphatic heterocycles. The number of allylic oxidation sites excluding steroid dienone is 6. The number of esters is 3. The van der Waals surface area contributed by atoms with Crippen molar-refractivity contribution >= 4 is 17.9 Å². The van der Waals surface area contributed by atoms with Gasteiger partial charge in [0.1, 0.15) is 13.2 Å². The molecule has 0 aromatic carbocycles. The topological polar surface area (TPSA) is 78.9 Å². The Balaban J connectivity index is 4.31. The van der Waals surface area contributed by atoms with Crippen LogP contribution in [0.1, 0.15) is 252 Å². The largest absolute Gasteiger partial charge is 0.462 e. The lowest BCUT2D eigenvalue weighted by atomic mass is 10.0. The van der Waals surface area contributed by atoms with E-state index in [0.29, 0.717) is 19.3 Å². The van der Waals surface area contributed by atoms with Gasteiger partial charge in [-0.2, -0.15) is 0 Å². The molecular weight excluding hydrogens is 709 g/mol. The SMILES string of the molecule is CC/C=C\C/C=C\CCCCCCCC(=O)OC(COC(=O)CCCCCC/C=C\CCCC)COC(=O)CCCCCCCCCCCCCCCCCCC. The summed E-state index contributed by atoms with van der Waals surface area (Å²) in [7, 11) is 0. The summed E-state index contributed by atoms with van der Waals surface area (Å²) < 4.78 is 16.7. The second-order valence-electron chi connectivity index (χ2n) is 16.3. The predicted octanol–water partition coefficient (Wildman–Crippen LogP) is 15.8. The Morgan fingerprint density at radius 2 is 0.702 bits per heavy atom. The fourth-order valence-corrected chi connectivity index (χ4v) is 6.93. The number of hydrogen-bond acceptors (Lipinski definition) is 6. The molecule has 1 atom stereocenters. The Morgan fingerprint density at radius 1 is 0.368 bits per heavy atom. The molecule has 0 saturated heterocycles. The van der Waals surface area contributed by atoms with Gasteiger partial charge in [-0.05, 0) is 64.2 Å². The number of carbonyl (C=O) groups excluding carboxylic acids is 3. The number of unbranched alkanes of at least 4 members (excludes halogenated alkanes) is 27. The van der Waals surface area contributed by atoms with E-state index in [2.05, 4.69) is 57.2 Å². The van der Waals surface area contributed by atoms with Gasteiger partial charge in [0.05, 0.1) is 0 Å². The first-order valence-corrected chi connectivity index (χ1v) is 24.5. The number of rotatable bonds is 44. The minimum atomic E-state index is -0.778. The number of carbonyl (C=O) groups is 3. The molecular formula is C51H92O6. The lowest BCUT2D eigenvalue weighted by Gasteiger charge is -2.18. The van der Waals surface area contributed by atoms with Crippen LogP contribution in [0.15, 0.2) is 36.5 Å². The molecule has 0 fully saturated rings. The fraction of sp³-hybridized carbons (Fsp3) is 0.824. The maximum atomic E-state index is 12.7. The molecule has 332 valence electrons. The molecule has 0 saturated carbocycles. The molecule has 0 heterocycles. The highest BCUT2D eigenvalue weighted by atomic mass is 16.6. The predicted molar refractivity (Wildman–Crippen MR) is 242 cm³/mol.